The van der Waals surface area contributed by atoms with E-state index in [1.807, 2.05) is 24.3 Å². The van der Waals surface area contributed by atoms with Crippen LogP contribution in [0.15, 0.2) is 39.4 Å². The van der Waals surface area contributed by atoms with Crippen molar-refractivity contribution in [2.75, 3.05) is 12.8 Å². The second-order valence-electron chi connectivity index (χ2n) is 3.91. The first-order valence-electron chi connectivity index (χ1n) is 5.54. The number of anilines is 1. The van der Waals surface area contributed by atoms with E-state index in [9.17, 15) is 0 Å². The van der Waals surface area contributed by atoms with Crippen molar-refractivity contribution >= 4 is 32.8 Å². The monoisotopic (exact) mass is 319 g/mol. The zero-order chi connectivity index (χ0) is 13.4. The molecular formula is C13H10BrN3O2. The van der Waals surface area contributed by atoms with Gasteiger partial charge in [0.2, 0.25) is 5.89 Å². The van der Waals surface area contributed by atoms with Gasteiger partial charge >= 0.3 is 0 Å². The van der Waals surface area contributed by atoms with Crippen LogP contribution in [0, 0.1) is 0 Å². The van der Waals surface area contributed by atoms with Crippen molar-refractivity contribution in [3.05, 3.63) is 34.9 Å². The Balaban J connectivity index is 2.23. The van der Waals surface area contributed by atoms with E-state index in [2.05, 4.69) is 25.9 Å². The van der Waals surface area contributed by atoms with E-state index in [1.54, 1.807) is 13.3 Å². The molecule has 0 unspecified atom stereocenters. The van der Waals surface area contributed by atoms with Gasteiger partial charge in [0, 0.05) is 10.7 Å². The van der Waals surface area contributed by atoms with E-state index in [-0.39, 0.29) is 0 Å². The fourth-order valence-electron chi connectivity index (χ4n) is 1.82. The summed E-state index contributed by atoms with van der Waals surface area (Å²) in [6.45, 7) is 0. The van der Waals surface area contributed by atoms with Crippen molar-refractivity contribution in [3.8, 4) is 17.2 Å². The summed E-state index contributed by atoms with van der Waals surface area (Å²) in [5.74, 6) is 1.43. The van der Waals surface area contributed by atoms with Gasteiger partial charge in [0.25, 0.3) is 0 Å². The molecule has 0 radical (unpaired) electrons. The molecule has 0 saturated carbocycles. The molecule has 19 heavy (non-hydrogen) atoms. The SMILES string of the molecule is COc1cccc2nc(-c3cc(Br)cnc3N)oc12. The molecule has 2 aromatic heterocycles. The normalized spacial score (nSPS) is 10.8. The predicted molar refractivity (Wildman–Crippen MR) is 75.9 cm³/mol. The van der Waals surface area contributed by atoms with Crippen LogP contribution in [-0.2, 0) is 0 Å². The van der Waals surface area contributed by atoms with Gasteiger partial charge in [-0.05, 0) is 34.1 Å². The number of nitrogen functional groups attached to an aromatic ring is 1. The Morgan fingerprint density at radius 1 is 1.37 bits per heavy atom. The number of aromatic nitrogens is 2. The first-order chi connectivity index (χ1) is 9.19. The lowest BCUT2D eigenvalue weighted by Crippen LogP contribution is -1.93. The van der Waals surface area contributed by atoms with Gasteiger partial charge < -0.3 is 14.9 Å². The molecule has 6 heteroatoms. The maximum atomic E-state index is 5.85. The molecule has 0 aliphatic rings. The average Bonchev–Trinajstić information content (AvgIpc) is 2.85. The van der Waals surface area contributed by atoms with Crippen LogP contribution < -0.4 is 10.5 Å². The molecule has 0 atom stereocenters. The number of hydrogen-bond acceptors (Lipinski definition) is 5. The first-order valence-corrected chi connectivity index (χ1v) is 6.33. The molecule has 0 bridgehead atoms. The summed E-state index contributed by atoms with van der Waals surface area (Å²) < 4.78 is 11.8. The Bertz CT molecular complexity index is 755. The van der Waals surface area contributed by atoms with Crippen LogP contribution in [0.25, 0.3) is 22.6 Å². The van der Waals surface area contributed by atoms with Crippen molar-refractivity contribution < 1.29 is 9.15 Å². The number of para-hydroxylation sites is 1. The lowest BCUT2D eigenvalue weighted by Gasteiger charge is -2.00. The molecule has 1 aromatic carbocycles. The van der Waals surface area contributed by atoms with Crippen LogP contribution in [-0.4, -0.2) is 17.1 Å². The van der Waals surface area contributed by atoms with Crippen LogP contribution in [0.1, 0.15) is 0 Å². The third kappa shape index (κ3) is 2.04. The standard InChI is InChI=1S/C13H10BrN3O2/c1-18-10-4-2-3-9-11(10)19-13(17-9)8-5-7(14)6-16-12(8)15/h2-6H,1H3,(H2,15,16). The minimum absolute atomic E-state index is 0.369. The van der Waals surface area contributed by atoms with Gasteiger partial charge in [0.15, 0.2) is 11.3 Å². The number of hydrogen-bond donors (Lipinski definition) is 1. The van der Waals surface area contributed by atoms with Gasteiger partial charge in [-0.2, -0.15) is 0 Å². The van der Waals surface area contributed by atoms with Crippen molar-refractivity contribution in [2.24, 2.45) is 0 Å². The number of nitrogens with two attached hydrogens (primary N) is 1. The van der Waals surface area contributed by atoms with E-state index < -0.39 is 0 Å². The summed E-state index contributed by atoms with van der Waals surface area (Å²) in [5, 5.41) is 0. The number of benzene rings is 1. The predicted octanol–water partition coefficient (Wildman–Crippen LogP) is 3.24. The molecule has 0 aliphatic heterocycles. The minimum atomic E-state index is 0.369. The minimum Gasteiger partial charge on any atom is -0.493 e. The van der Waals surface area contributed by atoms with Gasteiger partial charge in [-0.1, -0.05) is 6.07 Å². The quantitative estimate of drug-likeness (QED) is 0.784. The molecule has 2 heterocycles. The fraction of sp³-hybridized carbons (Fsp3) is 0.0769. The van der Waals surface area contributed by atoms with Gasteiger partial charge in [0.05, 0.1) is 12.7 Å². The van der Waals surface area contributed by atoms with Gasteiger partial charge in [0.1, 0.15) is 11.3 Å². The third-order valence-corrected chi connectivity index (χ3v) is 3.15. The molecule has 0 fully saturated rings. The highest BCUT2D eigenvalue weighted by Crippen LogP contribution is 2.33. The van der Waals surface area contributed by atoms with Crippen LogP contribution in [0.3, 0.4) is 0 Å². The summed E-state index contributed by atoms with van der Waals surface area (Å²) in [4.78, 5) is 8.47. The van der Waals surface area contributed by atoms with E-state index in [4.69, 9.17) is 14.9 Å². The molecule has 0 saturated heterocycles. The van der Waals surface area contributed by atoms with E-state index >= 15 is 0 Å². The number of halogens is 1. The Morgan fingerprint density at radius 2 is 2.21 bits per heavy atom. The molecule has 0 aliphatic carbocycles. The van der Waals surface area contributed by atoms with Crippen LogP contribution in [0.2, 0.25) is 0 Å². The van der Waals surface area contributed by atoms with Gasteiger partial charge in [-0.3, -0.25) is 0 Å². The molecule has 96 valence electrons. The smallest absolute Gasteiger partial charge is 0.231 e. The molecule has 3 rings (SSSR count). The maximum absolute atomic E-state index is 5.85. The number of nitrogens with zero attached hydrogens (tertiary/aromatic N) is 2. The van der Waals surface area contributed by atoms with Crippen molar-refractivity contribution in [1.29, 1.82) is 0 Å². The Kier molecular flexibility index (Phi) is 2.87. The second kappa shape index (κ2) is 4.55. The molecule has 0 spiro atoms. The van der Waals surface area contributed by atoms with Crippen molar-refractivity contribution in [3.63, 3.8) is 0 Å². The van der Waals surface area contributed by atoms with Crippen LogP contribution in [0.5, 0.6) is 5.75 Å². The number of ether oxygens (including phenoxy) is 1. The Hall–Kier alpha value is -2.08. The summed E-state index contributed by atoms with van der Waals surface area (Å²) in [6.07, 6.45) is 1.63. The lowest BCUT2D eigenvalue weighted by atomic mass is 10.2. The van der Waals surface area contributed by atoms with E-state index in [0.717, 1.165) is 4.47 Å². The first kappa shape index (κ1) is 12.0. The zero-order valence-electron chi connectivity index (χ0n) is 10.1. The molecule has 5 nitrogen and oxygen atoms in total. The van der Waals surface area contributed by atoms with Crippen molar-refractivity contribution in [2.45, 2.75) is 0 Å². The summed E-state index contributed by atoms with van der Waals surface area (Å²) in [7, 11) is 1.59. The van der Waals surface area contributed by atoms with Crippen molar-refractivity contribution in [1.82, 2.24) is 9.97 Å². The third-order valence-electron chi connectivity index (χ3n) is 2.71. The van der Waals surface area contributed by atoms with E-state index in [1.165, 1.54) is 0 Å². The van der Waals surface area contributed by atoms with Gasteiger partial charge in [-0.25, -0.2) is 9.97 Å². The number of oxazole rings is 1. The topological polar surface area (TPSA) is 74.2 Å². The molecular weight excluding hydrogens is 310 g/mol. The highest BCUT2D eigenvalue weighted by atomic mass is 79.9. The number of fused-ring (bicyclic) bond motifs is 1. The second-order valence-corrected chi connectivity index (χ2v) is 4.83. The number of methoxy groups -OCH3 is 1. The van der Waals surface area contributed by atoms with Crippen LogP contribution in [0.4, 0.5) is 5.82 Å². The highest BCUT2D eigenvalue weighted by Gasteiger charge is 2.14. The van der Waals surface area contributed by atoms with E-state index in [0.29, 0.717) is 34.1 Å². The lowest BCUT2D eigenvalue weighted by molar-refractivity contribution is 0.411. The Labute approximate surface area is 117 Å². The number of rotatable bonds is 2. The summed E-state index contributed by atoms with van der Waals surface area (Å²) in [6, 6.07) is 7.35. The van der Waals surface area contributed by atoms with Crippen LogP contribution >= 0.6 is 15.9 Å². The Morgan fingerprint density at radius 3 is 3.00 bits per heavy atom. The number of pyridine rings is 1. The average molecular weight is 320 g/mol. The summed E-state index contributed by atoms with van der Waals surface area (Å²) in [5.41, 5.74) is 7.81. The highest BCUT2D eigenvalue weighted by molar-refractivity contribution is 9.10. The molecule has 3 aromatic rings. The molecule has 2 N–H and O–H groups in total. The largest absolute Gasteiger partial charge is 0.493 e. The maximum Gasteiger partial charge on any atom is 0.231 e. The molecule has 0 amide bonds. The fourth-order valence-corrected chi connectivity index (χ4v) is 2.15. The summed E-state index contributed by atoms with van der Waals surface area (Å²) >= 11 is 3.35. The van der Waals surface area contributed by atoms with Gasteiger partial charge in [-0.15, -0.1) is 0 Å². The zero-order valence-corrected chi connectivity index (χ0v) is 11.6.